The summed E-state index contributed by atoms with van der Waals surface area (Å²) in [6.07, 6.45) is 5.46. The first-order valence-corrected chi connectivity index (χ1v) is 4.71. The highest BCUT2D eigenvalue weighted by atomic mass is 15.3. The molecule has 1 N–H and O–H groups in total. The first-order valence-electron chi connectivity index (χ1n) is 4.71. The normalized spacial score (nSPS) is 10.3. The van der Waals surface area contributed by atoms with Gasteiger partial charge in [-0.2, -0.15) is 5.10 Å². The van der Waals surface area contributed by atoms with Crippen molar-refractivity contribution in [2.75, 3.05) is 5.32 Å². The van der Waals surface area contributed by atoms with Crippen LogP contribution in [-0.4, -0.2) is 19.7 Å². The Morgan fingerprint density at radius 1 is 1.20 bits per heavy atom. The molecule has 2 aromatic rings. The lowest BCUT2D eigenvalue weighted by Gasteiger charge is -2.01. The quantitative estimate of drug-likeness (QED) is 0.805. The third kappa shape index (κ3) is 2.12. The molecular weight excluding hydrogens is 190 g/mol. The molecule has 0 aliphatic rings. The van der Waals surface area contributed by atoms with Crippen LogP contribution in [0.5, 0.6) is 0 Å². The molecule has 0 aliphatic carbocycles. The molecule has 0 fully saturated rings. The average Bonchev–Trinajstić information content (AvgIpc) is 2.49. The number of aromatic nitrogens is 4. The number of hydrogen-bond donors (Lipinski definition) is 1. The Hall–Kier alpha value is -1.91. The minimum Gasteiger partial charge on any atom is -0.321 e. The summed E-state index contributed by atoms with van der Waals surface area (Å²) in [4.78, 5) is 8.33. The topological polar surface area (TPSA) is 55.6 Å². The minimum absolute atomic E-state index is 0.594. The number of rotatable bonds is 2. The van der Waals surface area contributed by atoms with Crippen molar-refractivity contribution in [1.82, 2.24) is 19.7 Å². The van der Waals surface area contributed by atoms with Gasteiger partial charge in [-0.25, -0.2) is 9.97 Å². The number of anilines is 2. The molecule has 78 valence electrons. The maximum atomic E-state index is 4.22. The van der Waals surface area contributed by atoms with Crippen molar-refractivity contribution in [2.45, 2.75) is 13.8 Å². The lowest BCUT2D eigenvalue weighted by atomic mass is 10.4. The molecule has 2 aromatic heterocycles. The Balaban J connectivity index is 2.21. The second-order valence-corrected chi connectivity index (χ2v) is 3.51. The summed E-state index contributed by atoms with van der Waals surface area (Å²) in [5.41, 5.74) is 2.91. The van der Waals surface area contributed by atoms with Gasteiger partial charge in [0, 0.05) is 25.6 Å². The molecule has 2 heterocycles. The molecule has 0 amide bonds. The second kappa shape index (κ2) is 3.68. The molecule has 0 saturated heterocycles. The third-order valence-corrected chi connectivity index (χ3v) is 2.04. The fourth-order valence-electron chi connectivity index (χ4n) is 1.30. The van der Waals surface area contributed by atoms with E-state index in [9.17, 15) is 0 Å². The molecule has 0 aromatic carbocycles. The predicted molar refractivity (Wildman–Crippen MR) is 58.0 cm³/mol. The molecule has 0 unspecified atom stereocenters. The van der Waals surface area contributed by atoms with Gasteiger partial charge < -0.3 is 5.32 Å². The van der Waals surface area contributed by atoms with Crippen LogP contribution in [0.2, 0.25) is 0 Å². The largest absolute Gasteiger partial charge is 0.321 e. The van der Waals surface area contributed by atoms with Crippen molar-refractivity contribution >= 4 is 11.6 Å². The van der Waals surface area contributed by atoms with E-state index in [1.54, 1.807) is 17.1 Å². The van der Waals surface area contributed by atoms with Gasteiger partial charge in [-0.05, 0) is 19.4 Å². The maximum absolute atomic E-state index is 4.22. The summed E-state index contributed by atoms with van der Waals surface area (Å²) in [6, 6.07) is 0. The van der Waals surface area contributed by atoms with E-state index in [1.165, 1.54) is 0 Å². The second-order valence-electron chi connectivity index (χ2n) is 3.51. The highest BCUT2D eigenvalue weighted by Gasteiger charge is 2.03. The van der Waals surface area contributed by atoms with Gasteiger partial charge in [-0.1, -0.05) is 0 Å². The molecule has 2 rings (SSSR count). The number of hydrogen-bond acceptors (Lipinski definition) is 4. The van der Waals surface area contributed by atoms with Gasteiger partial charge in [0.25, 0.3) is 0 Å². The van der Waals surface area contributed by atoms with E-state index in [-0.39, 0.29) is 0 Å². The Bertz CT molecular complexity index is 457. The summed E-state index contributed by atoms with van der Waals surface area (Å²) >= 11 is 0. The Kier molecular flexibility index (Phi) is 2.37. The van der Waals surface area contributed by atoms with Crippen LogP contribution in [0, 0.1) is 13.8 Å². The zero-order valence-corrected chi connectivity index (χ0v) is 9.02. The SMILES string of the molecule is Cc1cnc(Nc2cn(C)nc2C)nc1. The van der Waals surface area contributed by atoms with Crippen molar-refractivity contribution in [2.24, 2.45) is 7.05 Å². The lowest BCUT2D eigenvalue weighted by Crippen LogP contribution is -1.96. The minimum atomic E-state index is 0.594. The summed E-state index contributed by atoms with van der Waals surface area (Å²) in [5, 5.41) is 7.34. The van der Waals surface area contributed by atoms with E-state index in [0.29, 0.717) is 5.95 Å². The Morgan fingerprint density at radius 3 is 2.40 bits per heavy atom. The van der Waals surface area contributed by atoms with E-state index in [4.69, 9.17) is 0 Å². The van der Waals surface area contributed by atoms with Gasteiger partial charge >= 0.3 is 0 Å². The number of nitrogens with one attached hydrogen (secondary N) is 1. The highest BCUT2D eigenvalue weighted by molar-refractivity contribution is 5.54. The summed E-state index contributed by atoms with van der Waals surface area (Å²) in [7, 11) is 1.88. The zero-order valence-electron chi connectivity index (χ0n) is 9.02. The zero-order chi connectivity index (χ0) is 10.8. The molecule has 0 spiro atoms. The molecule has 0 saturated carbocycles. The lowest BCUT2D eigenvalue weighted by molar-refractivity contribution is 0.756. The van der Waals surface area contributed by atoms with Crippen LogP contribution in [0.15, 0.2) is 18.6 Å². The fourth-order valence-corrected chi connectivity index (χ4v) is 1.30. The molecule has 5 nitrogen and oxygen atoms in total. The Morgan fingerprint density at radius 2 is 1.87 bits per heavy atom. The maximum Gasteiger partial charge on any atom is 0.227 e. The summed E-state index contributed by atoms with van der Waals surface area (Å²) in [6.45, 7) is 3.90. The van der Waals surface area contributed by atoms with Crippen LogP contribution in [0.3, 0.4) is 0 Å². The number of aryl methyl sites for hydroxylation is 3. The molecule has 0 radical (unpaired) electrons. The molecule has 15 heavy (non-hydrogen) atoms. The van der Waals surface area contributed by atoms with Crippen LogP contribution < -0.4 is 5.32 Å². The first kappa shape index (κ1) is 9.64. The Labute approximate surface area is 88.2 Å². The van der Waals surface area contributed by atoms with E-state index in [2.05, 4.69) is 20.4 Å². The van der Waals surface area contributed by atoms with Gasteiger partial charge in [0.1, 0.15) is 0 Å². The summed E-state index contributed by atoms with van der Waals surface area (Å²) in [5.74, 6) is 0.594. The predicted octanol–water partition coefficient (Wildman–Crippen LogP) is 1.57. The van der Waals surface area contributed by atoms with Crippen LogP contribution in [-0.2, 0) is 7.05 Å². The first-order chi connectivity index (χ1) is 7.15. The molecule has 0 aliphatic heterocycles. The fraction of sp³-hybridized carbons (Fsp3) is 0.300. The van der Waals surface area contributed by atoms with Crippen molar-refractivity contribution in [3.63, 3.8) is 0 Å². The third-order valence-electron chi connectivity index (χ3n) is 2.04. The van der Waals surface area contributed by atoms with Gasteiger partial charge in [0.2, 0.25) is 5.95 Å². The van der Waals surface area contributed by atoms with E-state index < -0.39 is 0 Å². The van der Waals surface area contributed by atoms with Gasteiger partial charge in [0.15, 0.2) is 0 Å². The van der Waals surface area contributed by atoms with Crippen LogP contribution in [0.4, 0.5) is 11.6 Å². The van der Waals surface area contributed by atoms with E-state index in [1.807, 2.05) is 27.1 Å². The van der Waals surface area contributed by atoms with E-state index >= 15 is 0 Å². The van der Waals surface area contributed by atoms with Gasteiger partial charge in [-0.15, -0.1) is 0 Å². The van der Waals surface area contributed by atoms with Crippen LogP contribution >= 0.6 is 0 Å². The molecule has 0 atom stereocenters. The molecule has 0 bridgehead atoms. The standard InChI is InChI=1S/C10H13N5/c1-7-4-11-10(12-5-7)13-9-6-15(3)14-8(9)2/h4-6H,1-3H3,(H,11,12,13). The highest BCUT2D eigenvalue weighted by Crippen LogP contribution is 2.15. The summed E-state index contributed by atoms with van der Waals surface area (Å²) < 4.78 is 1.76. The molecular formula is C10H13N5. The van der Waals surface area contributed by atoms with Gasteiger partial charge in [-0.3, -0.25) is 4.68 Å². The van der Waals surface area contributed by atoms with Crippen molar-refractivity contribution < 1.29 is 0 Å². The number of nitrogens with zero attached hydrogens (tertiary/aromatic N) is 4. The van der Waals surface area contributed by atoms with Crippen LogP contribution in [0.25, 0.3) is 0 Å². The monoisotopic (exact) mass is 203 g/mol. The van der Waals surface area contributed by atoms with Crippen molar-refractivity contribution in [3.05, 3.63) is 29.8 Å². The van der Waals surface area contributed by atoms with Crippen LogP contribution in [0.1, 0.15) is 11.3 Å². The van der Waals surface area contributed by atoms with Crippen molar-refractivity contribution in [1.29, 1.82) is 0 Å². The van der Waals surface area contributed by atoms with E-state index in [0.717, 1.165) is 16.9 Å². The van der Waals surface area contributed by atoms with Crippen molar-refractivity contribution in [3.8, 4) is 0 Å². The van der Waals surface area contributed by atoms with Gasteiger partial charge in [0.05, 0.1) is 11.4 Å². The average molecular weight is 203 g/mol. The smallest absolute Gasteiger partial charge is 0.227 e. The molecule has 5 heteroatoms.